The van der Waals surface area contributed by atoms with E-state index >= 15 is 0 Å². The molecule has 32 heavy (non-hydrogen) atoms. The number of piperazine rings is 1. The number of carbonyl (C=O) groups excluding carboxylic acids is 1. The van der Waals surface area contributed by atoms with Gasteiger partial charge in [0.1, 0.15) is 5.75 Å². The van der Waals surface area contributed by atoms with Gasteiger partial charge in [0.15, 0.2) is 12.4 Å². The van der Waals surface area contributed by atoms with Gasteiger partial charge in [0.25, 0.3) is 5.91 Å². The average Bonchev–Trinajstić information content (AvgIpc) is 2.79. The van der Waals surface area contributed by atoms with Crippen molar-refractivity contribution < 1.29 is 9.53 Å². The van der Waals surface area contributed by atoms with E-state index in [0.29, 0.717) is 13.1 Å². The summed E-state index contributed by atoms with van der Waals surface area (Å²) in [6.07, 6.45) is 0. The van der Waals surface area contributed by atoms with E-state index in [9.17, 15) is 4.79 Å². The molecule has 6 nitrogen and oxygen atoms in total. The first-order valence-corrected chi connectivity index (χ1v) is 11.0. The maximum atomic E-state index is 12.7. The molecule has 166 valence electrons. The van der Waals surface area contributed by atoms with Gasteiger partial charge in [-0.2, -0.15) is 0 Å². The molecule has 0 bridgehead atoms. The molecule has 0 aliphatic carbocycles. The summed E-state index contributed by atoms with van der Waals surface area (Å²) in [4.78, 5) is 16.7. The van der Waals surface area contributed by atoms with Crippen LogP contribution in [0.25, 0.3) is 11.3 Å². The molecule has 0 N–H and O–H groups in total. The third-order valence-electron chi connectivity index (χ3n) is 5.90. The first-order valence-electron chi connectivity index (χ1n) is 11.0. The number of aryl methyl sites for hydroxylation is 4. The zero-order valence-electron chi connectivity index (χ0n) is 19.3. The third kappa shape index (κ3) is 4.90. The predicted molar refractivity (Wildman–Crippen MR) is 127 cm³/mol. The van der Waals surface area contributed by atoms with Crippen LogP contribution in [0, 0.1) is 27.7 Å². The van der Waals surface area contributed by atoms with E-state index in [1.54, 1.807) is 0 Å². The molecular formula is C26H30N4O2. The van der Waals surface area contributed by atoms with Crippen molar-refractivity contribution in [2.24, 2.45) is 0 Å². The summed E-state index contributed by atoms with van der Waals surface area (Å²) in [7, 11) is 0. The van der Waals surface area contributed by atoms with Crippen LogP contribution >= 0.6 is 0 Å². The molecule has 1 aromatic heterocycles. The standard InChI is InChI=1S/C26H30N4O2/c1-18-5-7-22(8-6-18)23-9-10-24(28-27-23)29-11-13-30(14-12-29)25(31)17-32-26-20(3)15-19(2)16-21(26)4/h5-10,15-16H,11-14,17H2,1-4H3. The highest BCUT2D eigenvalue weighted by atomic mass is 16.5. The molecule has 1 fully saturated rings. The molecule has 2 aromatic carbocycles. The zero-order chi connectivity index (χ0) is 22.7. The summed E-state index contributed by atoms with van der Waals surface area (Å²) in [5.74, 6) is 1.67. The second kappa shape index (κ2) is 9.39. The molecule has 3 aromatic rings. The molecule has 1 saturated heterocycles. The molecule has 0 unspecified atom stereocenters. The Balaban J connectivity index is 1.31. The number of anilines is 1. The van der Waals surface area contributed by atoms with E-state index in [2.05, 4.69) is 65.3 Å². The molecule has 1 aliphatic rings. The second-order valence-corrected chi connectivity index (χ2v) is 8.53. The van der Waals surface area contributed by atoms with Crippen molar-refractivity contribution in [2.45, 2.75) is 27.7 Å². The highest BCUT2D eigenvalue weighted by Gasteiger charge is 2.23. The minimum atomic E-state index is 0.0184. The van der Waals surface area contributed by atoms with Gasteiger partial charge in [0, 0.05) is 31.7 Å². The Morgan fingerprint density at radius 2 is 1.50 bits per heavy atom. The Bertz CT molecular complexity index is 1060. The highest BCUT2D eigenvalue weighted by Crippen LogP contribution is 2.25. The van der Waals surface area contributed by atoms with E-state index < -0.39 is 0 Å². The van der Waals surface area contributed by atoms with Crippen LogP contribution in [0.15, 0.2) is 48.5 Å². The van der Waals surface area contributed by atoms with Crippen LogP contribution in [-0.4, -0.2) is 53.8 Å². The number of benzene rings is 2. The Morgan fingerprint density at radius 1 is 0.844 bits per heavy atom. The van der Waals surface area contributed by atoms with Crippen molar-refractivity contribution in [1.29, 1.82) is 0 Å². The van der Waals surface area contributed by atoms with Gasteiger partial charge < -0.3 is 14.5 Å². The van der Waals surface area contributed by atoms with Gasteiger partial charge in [-0.1, -0.05) is 47.5 Å². The normalized spacial score (nSPS) is 13.9. The summed E-state index contributed by atoms with van der Waals surface area (Å²) in [5, 5.41) is 8.82. The summed E-state index contributed by atoms with van der Waals surface area (Å²) >= 11 is 0. The number of ether oxygens (including phenoxy) is 1. The lowest BCUT2D eigenvalue weighted by molar-refractivity contribution is -0.133. The van der Waals surface area contributed by atoms with E-state index in [1.807, 2.05) is 30.9 Å². The van der Waals surface area contributed by atoms with E-state index in [0.717, 1.165) is 47.0 Å². The van der Waals surface area contributed by atoms with E-state index in [1.165, 1.54) is 11.1 Å². The lowest BCUT2D eigenvalue weighted by Crippen LogP contribution is -2.50. The largest absolute Gasteiger partial charge is 0.483 e. The molecule has 0 saturated carbocycles. The van der Waals surface area contributed by atoms with Crippen LogP contribution in [-0.2, 0) is 4.79 Å². The summed E-state index contributed by atoms with van der Waals surface area (Å²) in [6, 6.07) is 16.4. The lowest BCUT2D eigenvalue weighted by Gasteiger charge is -2.35. The first-order chi connectivity index (χ1) is 15.4. The van der Waals surface area contributed by atoms with Crippen molar-refractivity contribution in [1.82, 2.24) is 15.1 Å². The van der Waals surface area contributed by atoms with Crippen molar-refractivity contribution in [3.05, 3.63) is 70.8 Å². The SMILES string of the molecule is Cc1ccc(-c2ccc(N3CCN(C(=O)COc4c(C)cc(C)cc4C)CC3)nn2)cc1. The van der Waals surface area contributed by atoms with Crippen LogP contribution in [0.5, 0.6) is 5.75 Å². The van der Waals surface area contributed by atoms with Crippen molar-refractivity contribution in [3.8, 4) is 17.0 Å². The number of hydrogen-bond donors (Lipinski definition) is 0. The van der Waals surface area contributed by atoms with Crippen LogP contribution < -0.4 is 9.64 Å². The molecule has 2 heterocycles. The molecule has 0 radical (unpaired) electrons. The summed E-state index contributed by atoms with van der Waals surface area (Å²) in [6.45, 7) is 11.0. The zero-order valence-corrected chi connectivity index (χ0v) is 19.3. The minimum Gasteiger partial charge on any atom is -0.483 e. The molecule has 1 amide bonds. The molecular weight excluding hydrogens is 400 g/mol. The third-order valence-corrected chi connectivity index (χ3v) is 5.90. The molecule has 1 aliphatic heterocycles. The summed E-state index contributed by atoms with van der Waals surface area (Å²) < 4.78 is 5.88. The second-order valence-electron chi connectivity index (χ2n) is 8.53. The fraction of sp³-hybridized carbons (Fsp3) is 0.346. The molecule has 4 rings (SSSR count). The summed E-state index contributed by atoms with van der Waals surface area (Å²) in [5.41, 5.74) is 6.47. The van der Waals surface area contributed by atoms with Crippen LogP contribution in [0.2, 0.25) is 0 Å². The quantitative estimate of drug-likeness (QED) is 0.610. The molecule has 0 spiro atoms. The van der Waals surface area contributed by atoms with Gasteiger partial charge in [-0.3, -0.25) is 4.79 Å². The maximum Gasteiger partial charge on any atom is 0.260 e. The minimum absolute atomic E-state index is 0.0184. The number of amides is 1. The van der Waals surface area contributed by atoms with Crippen LogP contribution in [0.3, 0.4) is 0 Å². The average molecular weight is 431 g/mol. The smallest absolute Gasteiger partial charge is 0.260 e. The fourth-order valence-corrected chi connectivity index (χ4v) is 4.18. The Hall–Kier alpha value is -3.41. The van der Waals surface area contributed by atoms with E-state index in [4.69, 9.17) is 4.74 Å². The van der Waals surface area contributed by atoms with Gasteiger partial charge in [0.05, 0.1) is 5.69 Å². The Kier molecular flexibility index (Phi) is 6.40. The molecule has 0 atom stereocenters. The van der Waals surface area contributed by atoms with Crippen molar-refractivity contribution in [2.75, 3.05) is 37.7 Å². The van der Waals surface area contributed by atoms with Gasteiger partial charge in [-0.15, -0.1) is 10.2 Å². The van der Waals surface area contributed by atoms with Gasteiger partial charge in [-0.05, 0) is 51.0 Å². The molecule has 6 heteroatoms. The number of hydrogen-bond acceptors (Lipinski definition) is 5. The Labute approximate surface area is 189 Å². The topological polar surface area (TPSA) is 58.6 Å². The van der Waals surface area contributed by atoms with Gasteiger partial charge >= 0.3 is 0 Å². The van der Waals surface area contributed by atoms with Crippen LogP contribution in [0.1, 0.15) is 22.3 Å². The van der Waals surface area contributed by atoms with Gasteiger partial charge in [0.2, 0.25) is 0 Å². The number of aromatic nitrogens is 2. The van der Waals surface area contributed by atoms with Crippen molar-refractivity contribution in [3.63, 3.8) is 0 Å². The monoisotopic (exact) mass is 430 g/mol. The van der Waals surface area contributed by atoms with Crippen LogP contribution in [0.4, 0.5) is 5.82 Å². The number of rotatable bonds is 5. The lowest BCUT2D eigenvalue weighted by atomic mass is 10.1. The fourth-order valence-electron chi connectivity index (χ4n) is 4.18. The maximum absolute atomic E-state index is 12.7. The Morgan fingerprint density at radius 3 is 2.09 bits per heavy atom. The highest BCUT2D eigenvalue weighted by molar-refractivity contribution is 5.78. The van der Waals surface area contributed by atoms with Gasteiger partial charge in [-0.25, -0.2) is 0 Å². The predicted octanol–water partition coefficient (Wildman–Crippen LogP) is 4.10. The van der Waals surface area contributed by atoms with E-state index in [-0.39, 0.29) is 12.5 Å². The number of carbonyl (C=O) groups is 1. The van der Waals surface area contributed by atoms with Crippen molar-refractivity contribution >= 4 is 11.7 Å². The first kappa shape index (κ1) is 21.8. The number of nitrogens with zero attached hydrogens (tertiary/aromatic N) is 4.